The van der Waals surface area contributed by atoms with Gasteiger partial charge in [-0.2, -0.15) is 5.26 Å². The number of carbonyl (C=O) groups is 1. The van der Waals surface area contributed by atoms with Crippen LogP contribution in [0.15, 0.2) is 48.7 Å². The number of hydrogen-bond donors (Lipinski definition) is 0. The lowest BCUT2D eigenvalue weighted by molar-refractivity contribution is -0.132. The summed E-state index contributed by atoms with van der Waals surface area (Å²) in [6.45, 7) is 1.63. The van der Waals surface area contributed by atoms with E-state index >= 15 is 0 Å². The van der Waals surface area contributed by atoms with Crippen LogP contribution in [-0.2, 0) is 4.79 Å². The number of allylic oxidation sites excluding steroid dienone is 1. The molecule has 1 aliphatic heterocycles. The fourth-order valence-corrected chi connectivity index (χ4v) is 2.77. The lowest BCUT2D eigenvalue weighted by Gasteiger charge is -2.16. The fraction of sp³-hybridized carbons (Fsp3) is 0.250. The van der Waals surface area contributed by atoms with Gasteiger partial charge in [-0.25, -0.2) is 0 Å². The molecule has 0 aliphatic carbocycles. The van der Waals surface area contributed by atoms with E-state index in [1.54, 1.807) is 30.5 Å². The van der Waals surface area contributed by atoms with Gasteiger partial charge in [0.05, 0.1) is 11.3 Å². The van der Waals surface area contributed by atoms with Crippen LogP contribution in [-0.4, -0.2) is 35.5 Å². The topological polar surface area (TPSA) is 66.2 Å². The summed E-state index contributed by atoms with van der Waals surface area (Å²) in [6, 6.07) is 15.0. The second-order valence-corrected chi connectivity index (χ2v) is 5.80. The van der Waals surface area contributed by atoms with Crippen LogP contribution in [0.25, 0.3) is 11.6 Å². The van der Waals surface area contributed by atoms with E-state index in [0.29, 0.717) is 17.0 Å². The Labute approximate surface area is 147 Å². The van der Waals surface area contributed by atoms with Crippen molar-refractivity contribution in [3.8, 4) is 11.8 Å². The molecule has 0 atom stereocenters. The van der Waals surface area contributed by atoms with E-state index in [1.165, 1.54) is 0 Å². The Hall–Kier alpha value is -3.13. The van der Waals surface area contributed by atoms with Gasteiger partial charge in [0, 0.05) is 24.8 Å². The lowest BCUT2D eigenvalue weighted by atomic mass is 10.1. The van der Waals surface area contributed by atoms with Crippen molar-refractivity contribution in [2.75, 3.05) is 19.7 Å². The van der Waals surface area contributed by atoms with Gasteiger partial charge in [-0.05, 0) is 37.1 Å². The number of nitrogens with zero attached hydrogens (tertiary/aromatic N) is 3. The van der Waals surface area contributed by atoms with Gasteiger partial charge in [-0.15, -0.1) is 0 Å². The van der Waals surface area contributed by atoms with E-state index in [-0.39, 0.29) is 12.5 Å². The Morgan fingerprint density at radius 3 is 2.68 bits per heavy atom. The molecule has 3 rings (SSSR count). The number of nitriles is 1. The summed E-state index contributed by atoms with van der Waals surface area (Å²) >= 11 is 0. The highest BCUT2D eigenvalue weighted by molar-refractivity contribution is 5.89. The van der Waals surface area contributed by atoms with Crippen LogP contribution in [0.1, 0.15) is 24.1 Å². The second kappa shape index (κ2) is 8.11. The number of para-hydroxylation sites is 1. The molecule has 0 bridgehead atoms. The SMILES string of the molecule is N#C/C(=C\c1ccccc1OCC(=O)N1CCCC1)c1ccccn1. The Kier molecular flexibility index (Phi) is 5.43. The Bertz CT molecular complexity index is 803. The predicted octanol–water partition coefficient (Wildman–Crippen LogP) is 3.15. The highest BCUT2D eigenvalue weighted by Crippen LogP contribution is 2.24. The normalized spacial score (nSPS) is 14.2. The van der Waals surface area contributed by atoms with Crippen LogP contribution in [0, 0.1) is 11.3 Å². The maximum absolute atomic E-state index is 12.2. The molecule has 1 aromatic carbocycles. The molecular weight excluding hydrogens is 314 g/mol. The van der Waals surface area contributed by atoms with E-state index in [0.717, 1.165) is 31.5 Å². The van der Waals surface area contributed by atoms with Crippen molar-refractivity contribution in [2.24, 2.45) is 0 Å². The number of hydrogen-bond acceptors (Lipinski definition) is 4. The van der Waals surface area contributed by atoms with Crippen LogP contribution in [0.3, 0.4) is 0 Å². The highest BCUT2D eigenvalue weighted by atomic mass is 16.5. The molecule has 0 N–H and O–H groups in total. The number of pyridine rings is 1. The summed E-state index contributed by atoms with van der Waals surface area (Å²) in [6.07, 6.45) is 5.50. The molecule has 1 amide bonds. The maximum atomic E-state index is 12.2. The number of rotatable bonds is 5. The number of aromatic nitrogens is 1. The summed E-state index contributed by atoms with van der Waals surface area (Å²) in [7, 11) is 0. The summed E-state index contributed by atoms with van der Waals surface area (Å²) in [4.78, 5) is 18.2. The van der Waals surface area contributed by atoms with Crippen LogP contribution >= 0.6 is 0 Å². The predicted molar refractivity (Wildman–Crippen MR) is 95.5 cm³/mol. The van der Waals surface area contributed by atoms with Gasteiger partial charge < -0.3 is 9.64 Å². The molecule has 25 heavy (non-hydrogen) atoms. The summed E-state index contributed by atoms with van der Waals surface area (Å²) in [5.74, 6) is 0.584. The monoisotopic (exact) mass is 333 g/mol. The molecule has 0 saturated carbocycles. The van der Waals surface area contributed by atoms with Gasteiger partial charge in [-0.1, -0.05) is 24.3 Å². The number of likely N-dealkylation sites (tertiary alicyclic amines) is 1. The molecule has 1 aliphatic rings. The Balaban J connectivity index is 1.77. The maximum Gasteiger partial charge on any atom is 0.260 e. The summed E-state index contributed by atoms with van der Waals surface area (Å²) < 4.78 is 5.73. The van der Waals surface area contributed by atoms with Crippen molar-refractivity contribution in [1.82, 2.24) is 9.88 Å². The minimum atomic E-state index is 0.00140. The fourth-order valence-electron chi connectivity index (χ4n) is 2.77. The molecule has 5 nitrogen and oxygen atoms in total. The number of amides is 1. The van der Waals surface area contributed by atoms with Crippen molar-refractivity contribution < 1.29 is 9.53 Å². The Morgan fingerprint density at radius 2 is 1.96 bits per heavy atom. The van der Waals surface area contributed by atoms with Gasteiger partial charge >= 0.3 is 0 Å². The average Bonchev–Trinajstić information content (AvgIpc) is 3.20. The van der Waals surface area contributed by atoms with E-state index in [1.807, 2.05) is 29.2 Å². The number of ether oxygens (including phenoxy) is 1. The quantitative estimate of drug-likeness (QED) is 0.788. The molecular formula is C20H19N3O2. The molecule has 1 aromatic heterocycles. The minimum Gasteiger partial charge on any atom is -0.483 e. The largest absolute Gasteiger partial charge is 0.483 e. The molecule has 2 heterocycles. The second-order valence-electron chi connectivity index (χ2n) is 5.80. The van der Waals surface area contributed by atoms with Gasteiger partial charge in [0.1, 0.15) is 11.8 Å². The molecule has 1 fully saturated rings. The first kappa shape index (κ1) is 16.7. The van der Waals surface area contributed by atoms with Crippen LogP contribution in [0.2, 0.25) is 0 Å². The van der Waals surface area contributed by atoms with E-state index in [4.69, 9.17) is 4.74 Å². The van der Waals surface area contributed by atoms with Gasteiger partial charge in [-0.3, -0.25) is 9.78 Å². The first-order chi connectivity index (χ1) is 12.3. The molecule has 5 heteroatoms. The smallest absolute Gasteiger partial charge is 0.260 e. The van der Waals surface area contributed by atoms with Crippen LogP contribution in [0.5, 0.6) is 5.75 Å². The highest BCUT2D eigenvalue weighted by Gasteiger charge is 2.18. The van der Waals surface area contributed by atoms with Gasteiger partial charge in [0.25, 0.3) is 5.91 Å². The third-order valence-corrected chi connectivity index (χ3v) is 4.09. The number of benzene rings is 1. The van der Waals surface area contributed by atoms with Crippen LogP contribution < -0.4 is 4.74 Å². The average molecular weight is 333 g/mol. The van der Waals surface area contributed by atoms with E-state index in [9.17, 15) is 10.1 Å². The molecule has 0 unspecified atom stereocenters. The van der Waals surface area contributed by atoms with Gasteiger partial charge in [0.2, 0.25) is 0 Å². The molecule has 126 valence electrons. The Morgan fingerprint density at radius 1 is 1.20 bits per heavy atom. The molecule has 2 aromatic rings. The lowest BCUT2D eigenvalue weighted by Crippen LogP contribution is -2.32. The van der Waals surface area contributed by atoms with Crippen molar-refractivity contribution >= 4 is 17.6 Å². The zero-order chi connectivity index (χ0) is 17.5. The van der Waals surface area contributed by atoms with Crippen molar-refractivity contribution in [2.45, 2.75) is 12.8 Å². The van der Waals surface area contributed by atoms with Gasteiger partial charge in [0.15, 0.2) is 6.61 Å². The summed E-state index contributed by atoms with van der Waals surface area (Å²) in [5.41, 5.74) is 1.80. The van der Waals surface area contributed by atoms with E-state index in [2.05, 4.69) is 11.1 Å². The third kappa shape index (κ3) is 4.24. The van der Waals surface area contributed by atoms with Crippen molar-refractivity contribution in [3.63, 3.8) is 0 Å². The summed E-state index contributed by atoms with van der Waals surface area (Å²) in [5, 5.41) is 9.43. The van der Waals surface area contributed by atoms with E-state index < -0.39 is 0 Å². The first-order valence-corrected chi connectivity index (χ1v) is 8.31. The molecule has 1 saturated heterocycles. The molecule has 0 radical (unpaired) electrons. The number of carbonyl (C=O) groups excluding carboxylic acids is 1. The van der Waals surface area contributed by atoms with Crippen molar-refractivity contribution in [1.29, 1.82) is 5.26 Å². The third-order valence-electron chi connectivity index (χ3n) is 4.09. The first-order valence-electron chi connectivity index (χ1n) is 8.31. The zero-order valence-electron chi connectivity index (χ0n) is 13.9. The van der Waals surface area contributed by atoms with Crippen molar-refractivity contribution in [3.05, 3.63) is 59.9 Å². The zero-order valence-corrected chi connectivity index (χ0v) is 13.9. The minimum absolute atomic E-state index is 0.00140. The van der Waals surface area contributed by atoms with Crippen LogP contribution in [0.4, 0.5) is 0 Å². The standard InChI is InChI=1S/C20H19N3O2/c21-14-17(18-8-3-4-10-22-18)13-16-7-1-2-9-19(16)25-15-20(24)23-11-5-6-12-23/h1-4,7-10,13H,5-6,11-12,15H2/b17-13+. The molecule has 0 spiro atoms.